The largest absolute Gasteiger partial charge is 0.370 e. The first-order chi connectivity index (χ1) is 8.70. The highest BCUT2D eigenvalue weighted by atomic mass is 35.5. The van der Waals surface area contributed by atoms with Crippen molar-refractivity contribution in [2.24, 2.45) is 0 Å². The van der Waals surface area contributed by atoms with Crippen LogP contribution in [-0.2, 0) is 0 Å². The van der Waals surface area contributed by atoms with Crippen molar-refractivity contribution in [1.82, 2.24) is 15.2 Å². The Bertz CT molecular complexity index is 540. The van der Waals surface area contributed by atoms with Crippen LogP contribution in [0.15, 0.2) is 24.5 Å². The van der Waals surface area contributed by atoms with Crippen molar-refractivity contribution < 1.29 is 4.79 Å². The molecule has 0 aromatic carbocycles. The van der Waals surface area contributed by atoms with Gasteiger partial charge in [0, 0.05) is 12.7 Å². The van der Waals surface area contributed by atoms with E-state index in [1.807, 2.05) is 6.92 Å². The maximum absolute atomic E-state index is 12.0. The number of pyridine rings is 1. The molecule has 18 heavy (non-hydrogen) atoms. The van der Waals surface area contributed by atoms with E-state index in [0.717, 1.165) is 6.54 Å². The number of hydrogen-bond acceptors (Lipinski definition) is 4. The average Bonchev–Trinajstić information content (AvgIpc) is 2.84. The Balaban J connectivity index is 2.20. The number of nitrogens with one attached hydrogen (secondary N) is 3. The van der Waals surface area contributed by atoms with Crippen LogP contribution in [0.25, 0.3) is 0 Å². The maximum atomic E-state index is 12.0. The van der Waals surface area contributed by atoms with Gasteiger partial charge < -0.3 is 10.6 Å². The van der Waals surface area contributed by atoms with Crippen molar-refractivity contribution in [2.75, 3.05) is 17.2 Å². The van der Waals surface area contributed by atoms with Crippen LogP contribution in [0.5, 0.6) is 0 Å². The lowest BCUT2D eigenvalue weighted by Gasteiger charge is -2.07. The predicted octanol–water partition coefficient (Wildman–Crippen LogP) is 2.14. The molecule has 0 atom stereocenters. The van der Waals surface area contributed by atoms with Crippen LogP contribution in [-0.4, -0.2) is 27.6 Å². The lowest BCUT2D eigenvalue weighted by atomic mass is 10.3. The lowest BCUT2D eigenvalue weighted by molar-refractivity contribution is 0.102. The molecular weight excluding hydrogens is 254 g/mol. The van der Waals surface area contributed by atoms with E-state index >= 15 is 0 Å². The summed E-state index contributed by atoms with van der Waals surface area (Å²) in [5.74, 6) is 0.236. The number of H-pyrrole nitrogens is 1. The van der Waals surface area contributed by atoms with E-state index in [0.29, 0.717) is 16.5 Å². The number of aromatic nitrogens is 3. The molecule has 6 nitrogen and oxygen atoms in total. The van der Waals surface area contributed by atoms with Gasteiger partial charge in [0.05, 0.1) is 16.9 Å². The monoisotopic (exact) mass is 265 g/mol. The van der Waals surface area contributed by atoms with Gasteiger partial charge in [-0.2, -0.15) is 5.10 Å². The lowest BCUT2D eigenvalue weighted by Crippen LogP contribution is -2.15. The SMILES string of the molecule is CCNc1ccc(Cl)c(C(=O)Nc2cn[nH]c2)n1. The molecule has 0 fully saturated rings. The number of rotatable bonds is 4. The average molecular weight is 266 g/mol. The van der Waals surface area contributed by atoms with Crippen molar-refractivity contribution >= 4 is 29.0 Å². The molecule has 0 bridgehead atoms. The van der Waals surface area contributed by atoms with Gasteiger partial charge in [0.25, 0.3) is 5.91 Å². The number of anilines is 2. The zero-order valence-corrected chi connectivity index (χ0v) is 10.5. The summed E-state index contributed by atoms with van der Waals surface area (Å²) >= 11 is 5.96. The second-order valence-electron chi connectivity index (χ2n) is 3.50. The summed E-state index contributed by atoms with van der Waals surface area (Å²) in [6.45, 7) is 2.67. The molecule has 0 aliphatic rings. The van der Waals surface area contributed by atoms with Gasteiger partial charge in [0.15, 0.2) is 0 Å². The third-order valence-electron chi connectivity index (χ3n) is 2.18. The van der Waals surface area contributed by atoms with Crippen LogP contribution in [0.3, 0.4) is 0 Å². The highest BCUT2D eigenvalue weighted by Crippen LogP contribution is 2.18. The number of carbonyl (C=O) groups excluding carboxylic acids is 1. The second kappa shape index (κ2) is 5.50. The van der Waals surface area contributed by atoms with E-state index in [4.69, 9.17) is 11.6 Å². The fourth-order valence-electron chi connectivity index (χ4n) is 1.39. The summed E-state index contributed by atoms with van der Waals surface area (Å²) in [6, 6.07) is 3.36. The van der Waals surface area contributed by atoms with Crippen LogP contribution in [0, 0.1) is 0 Å². The van der Waals surface area contributed by atoms with Crippen molar-refractivity contribution in [3.8, 4) is 0 Å². The molecule has 2 aromatic rings. The van der Waals surface area contributed by atoms with Crippen molar-refractivity contribution in [1.29, 1.82) is 0 Å². The Labute approximate surface area is 109 Å². The van der Waals surface area contributed by atoms with Gasteiger partial charge in [0.2, 0.25) is 0 Å². The Hall–Kier alpha value is -2.08. The van der Waals surface area contributed by atoms with Crippen LogP contribution in [0.1, 0.15) is 17.4 Å². The molecule has 7 heteroatoms. The van der Waals surface area contributed by atoms with E-state index < -0.39 is 0 Å². The zero-order chi connectivity index (χ0) is 13.0. The summed E-state index contributed by atoms with van der Waals surface area (Å²) in [5, 5.41) is 12.3. The van der Waals surface area contributed by atoms with Gasteiger partial charge >= 0.3 is 0 Å². The van der Waals surface area contributed by atoms with Crippen LogP contribution >= 0.6 is 11.6 Å². The Morgan fingerprint density at radius 2 is 2.33 bits per heavy atom. The van der Waals surface area contributed by atoms with Gasteiger partial charge in [-0.3, -0.25) is 9.89 Å². The number of amides is 1. The Kier molecular flexibility index (Phi) is 3.78. The van der Waals surface area contributed by atoms with Crippen molar-refractivity contribution in [2.45, 2.75) is 6.92 Å². The maximum Gasteiger partial charge on any atom is 0.275 e. The first kappa shape index (κ1) is 12.4. The quantitative estimate of drug-likeness (QED) is 0.791. The molecular formula is C11H12ClN5O. The fourth-order valence-corrected chi connectivity index (χ4v) is 1.58. The van der Waals surface area contributed by atoms with E-state index in [2.05, 4.69) is 25.8 Å². The topological polar surface area (TPSA) is 82.7 Å². The standard InChI is InChI=1S/C11H12ClN5O/c1-2-13-9-4-3-8(12)10(17-9)11(18)16-7-5-14-15-6-7/h3-6H,2H2,1H3,(H,13,17)(H,14,15)(H,16,18). The van der Waals surface area contributed by atoms with Crippen LogP contribution in [0.4, 0.5) is 11.5 Å². The third kappa shape index (κ3) is 2.78. The summed E-state index contributed by atoms with van der Waals surface area (Å²) in [4.78, 5) is 16.1. The minimum atomic E-state index is -0.374. The second-order valence-corrected chi connectivity index (χ2v) is 3.91. The normalized spacial score (nSPS) is 10.1. The molecule has 0 saturated heterocycles. The predicted molar refractivity (Wildman–Crippen MR) is 70.0 cm³/mol. The van der Waals surface area contributed by atoms with Crippen LogP contribution in [0.2, 0.25) is 5.02 Å². The van der Waals surface area contributed by atoms with E-state index in [1.165, 1.54) is 6.20 Å². The first-order valence-electron chi connectivity index (χ1n) is 5.41. The van der Waals surface area contributed by atoms with Gasteiger partial charge in [-0.1, -0.05) is 11.6 Å². The summed E-state index contributed by atoms with van der Waals surface area (Å²) in [7, 11) is 0. The summed E-state index contributed by atoms with van der Waals surface area (Å²) in [6.07, 6.45) is 3.07. The van der Waals surface area contributed by atoms with Gasteiger partial charge in [0.1, 0.15) is 11.5 Å². The summed E-state index contributed by atoms with van der Waals surface area (Å²) < 4.78 is 0. The number of aromatic amines is 1. The number of nitrogens with zero attached hydrogens (tertiary/aromatic N) is 2. The number of halogens is 1. The molecule has 2 aromatic heterocycles. The fraction of sp³-hybridized carbons (Fsp3) is 0.182. The molecule has 0 saturated carbocycles. The van der Waals surface area contributed by atoms with Crippen molar-refractivity contribution in [3.63, 3.8) is 0 Å². The number of hydrogen-bond donors (Lipinski definition) is 3. The highest BCUT2D eigenvalue weighted by molar-refractivity contribution is 6.34. The van der Waals surface area contributed by atoms with Gasteiger partial charge in [-0.15, -0.1) is 0 Å². The number of carbonyl (C=O) groups is 1. The summed E-state index contributed by atoms with van der Waals surface area (Å²) in [5.41, 5.74) is 0.739. The molecule has 0 aliphatic carbocycles. The van der Waals surface area contributed by atoms with E-state index in [1.54, 1.807) is 18.3 Å². The van der Waals surface area contributed by atoms with Gasteiger partial charge in [-0.05, 0) is 19.1 Å². The molecule has 0 aliphatic heterocycles. The molecule has 2 heterocycles. The molecule has 3 N–H and O–H groups in total. The third-order valence-corrected chi connectivity index (χ3v) is 2.48. The molecule has 0 radical (unpaired) electrons. The molecule has 0 spiro atoms. The van der Waals surface area contributed by atoms with Gasteiger partial charge in [-0.25, -0.2) is 4.98 Å². The first-order valence-corrected chi connectivity index (χ1v) is 5.79. The Morgan fingerprint density at radius 3 is 3.00 bits per heavy atom. The smallest absolute Gasteiger partial charge is 0.275 e. The molecule has 94 valence electrons. The zero-order valence-electron chi connectivity index (χ0n) is 9.70. The molecule has 2 rings (SSSR count). The molecule has 0 unspecified atom stereocenters. The van der Waals surface area contributed by atoms with Crippen molar-refractivity contribution in [3.05, 3.63) is 35.2 Å². The minimum Gasteiger partial charge on any atom is -0.370 e. The minimum absolute atomic E-state index is 0.177. The Morgan fingerprint density at radius 1 is 1.50 bits per heavy atom. The molecule has 1 amide bonds. The van der Waals surface area contributed by atoms with Crippen LogP contribution < -0.4 is 10.6 Å². The van der Waals surface area contributed by atoms with E-state index in [-0.39, 0.29) is 11.6 Å². The van der Waals surface area contributed by atoms with E-state index in [9.17, 15) is 4.79 Å². The highest BCUT2D eigenvalue weighted by Gasteiger charge is 2.13.